The van der Waals surface area contributed by atoms with Gasteiger partial charge in [0.25, 0.3) is 0 Å². The molecule has 0 bridgehead atoms. The molecule has 0 spiro atoms. The van der Waals surface area contributed by atoms with E-state index in [1.807, 2.05) is 35.9 Å². The van der Waals surface area contributed by atoms with E-state index in [4.69, 9.17) is 5.84 Å². The fourth-order valence-electron chi connectivity index (χ4n) is 2.21. The van der Waals surface area contributed by atoms with E-state index in [1.165, 1.54) is 22.0 Å². The van der Waals surface area contributed by atoms with E-state index >= 15 is 0 Å². The molecule has 1 aromatic carbocycles. The number of aryl methyl sites for hydroxylation is 2. The molecule has 0 aliphatic carbocycles. The molecule has 3 aromatic rings. The van der Waals surface area contributed by atoms with E-state index in [9.17, 15) is 0 Å². The van der Waals surface area contributed by atoms with Gasteiger partial charge in [0.05, 0.1) is 5.75 Å². The lowest BCUT2D eigenvalue weighted by molar-refractivity contribution is 0.540. The maximum Gasteiger partial charge on any atom is 0.210 e. The highest BCUT2D eigenvalue weighted by atomic mass is 32.2. The van der Waals surface area contributed by atoms with Crippen LogP contribution in [0.3, 0.4) is 0 Å². The van der Waals surface area contributed by atoms with Gasteiger partial charge in [-0.1, -0.05) is 54.9 Å². The fourth-order valence-corrected chi connectivity index (χ4v) is 3.00. The average molecular weight is 344 g/mol. The van der Waals surface area contributed by atoms with Gasteiger partial charge in [0.15, 0.2) is 11.6 Å². The smallest absolute Gasteiger partial charge is 0.210 e. The van der Waals surface area contributed by atoms with Crippen molar-refractivity contribution < 1.29 is 0 Å². The Morgan fingerprint density at radius 1 is 1.12 bits per heavy atom. The predicted octanol–water partition coefficient (Wildman–Crippen LogP) is 2.05. The standard InChI is InChI=1S/C15H20N8S/c1-3-4-9-22-13(17-20-21-22)10-24-15-19-18-14(23(15)16)12-7-5-11(2)6-8-12/h5-8H,3-4,9-10,16H2,1-2H3. The van der Waals surface area contributed by atoms with Crippen LogP contribution < -0.4 is 5.84 Å². The summed E-state index contributed by atoms with van der Waals surface area (Å²) < 4.78 is 3.34. The molecule has 126 valence electrons. The van der Waals surface area contributed by atoms with Crippen molar-refractivity contribution in [1.29, 1.82) is 0 Å². The molecule has 9 heteroatoms. The van der Waals surface area contributed by atoms with E-state index in [0.29, 0.717) is 16.7 Å². The summed E-state index contributed by atoms with van der Waals surface area (Å²) >= 11 is 1.47. The summed E-state index contributed by atoms with van der Waals surface area (Å²) in [6, 6.07) is 8.03. The summed E-state index contributed by atoms with van der Waals surface area (Å²) in [4.78, 5) is 0. The lowest BCUT2D eigenvalue weighted by atomic mass is 10.1. The normalized spacial score (nSPS) is 11.1. The molecule has 3 rings (SSSR count). The van der Waals surface area contributed by atoms with Crippen molar-refractivity contribution in [2.24, 2.45) is 0 Å². The number of nitrogens with two attached hydrogens (primary N) is 1. The van der Waals surface area contributed by atoms with Gasteiger partial charge < -0.3 is 5.84 Å². The molecule has 2 aromatic heterocycles. The average Bonchev–Trinajstić information content (AvgIpc) is 3.18. The molecule has 0 atom stereocenters. The van der Waals surface area contributed by atoms with Gasteiger partial charge >= 0.3 is 0 Å². The summed E-state index contributed by atoms with van der Waals surface area (Å²) in [5, 5.41) is 20.8. The minimum atomic E-state index is 0.597. The third-order valence-corrected chi connectivity index (χ3v) is 4.57. The van der Waals surface area contributed by atoms with E-state index in [1.54, 1.807) is 0 Å². The van der Waals surface area contributed by atoms with Gasteiger partial charge in [0, 0.05) is 12.1 Å². The van der Waals surface area contributed by atoms with Crippen LogP contribution in [0.1, 0.15) is 31.2 Å². The Bertz CT molecular complexity index is 792. The maximum absolute atomic E-state index is 6.14. The molecule has 0 radical (unpaired) electrons. The van der Waals surface area contributed by atoms with E-state index < -0.39 is 0 Å². The van der Waals surface area contributed by atoms with Crippen molar-refractivity contribution in [2.75, 3.05) is 5.84 Å². The Morgan fingerprint density at radius 2 is 1.92 bits per heavy atom. The molecule has 2 heterocycles. The number of aromatic nitrogens is 7. The molecule has 0 fully saturated rings. The minimum absolute atomic E-state index is 0.597. The lowest BCUT2D eigenvalue weighted by Gasteiger charge is -2.05. The maximum atomic E-state index is 6.14. The first-order valence-electron chi connectivity index (χ1n) is 7.84. The Kier molecular flexibility index (Phi) is 5.09. The minimum Gasteiger partial charge on any atom is -0.335 e. The summed E-state index contributed by atoms with van der Waals surface area (Å²) in [7, 11) is 0. The number of nitrogens with zero attached hydrogens (tertiary/aromatic N) is 7. The van der Waals surface area contributed by atoms with Crippen LogP contribution in [0, 0.1) is 6.92 Å². The van der Waals surface area contributed by atoms with Crippen LogP contribution in [0.4, 0.5) is 0 Å². The van der Waals surface area contributed by atoms with Crippen molar-refractivity contribution in [2.45, 2.75) is 44.1 Å². The van der Waals surface area contributed by atoms with Crippen LogP contribution in [0.5, 0.6) is 0 Å². The number of thioether (sulfide) groups is 1. The molecular formula is C15H20N8S. The summed E-state index contributed by atoms with van der Waals surface area (Å²) in [5.41, 5.74) is 2.13. The van der Waals surface area contributed by atoms with Gasteiger partial charge in [-0.3, -0.25) is 0 Å². The zero-order valence-corrected chi connectivity index (χ0v) is 14.6. The van der Waals surface area contributed by atoms with Crippen LogP contribution in [-0.4, -0.2) is 35.1 Å². The highest BCUT2D eigenvalue weighted by Crippen LogP contribution is 2.23. The Labute approximate surface area is 144 Å². The summed E-state index contributed by atoms with van der Waals surface area (Å²) in [6.45, 7) is 5.01. The van der Waals surface area contributed by atoms with Gasteiger partial charge in [-0.15, -0.1) is 15.3 Å². The number of unbranched alkanes of at least 4 members (excludes halogenated alkanes) is 1. The van der Waals surface area contributed by atoms with Gasteiger partial charge in [0.2, 0.25) is 5.16 Å². The second-order valence-corrected chi connectivity index (χ2v) is 6.45. The molecule has 0 aliphatic heterocycles. The van der Waals surface area contributed by atoms with Crippen LogP contribution >= 0.6 is 11.8 Å². The molecule has 2 N–H and O–H groups in total. The molecule has 8 nitrogen and oxygen atoms in total. The fraction of sp³-hybridized carbons (Fsp3) is 0.400. The number of tetrazole rings is 1. The Hall–Kier alpha value is -2.42. The van der Waals surface area contributed by atoms with E-state index in [0.717, 1.165) is 30.8 Å². The van der Waals surface area contributed by atoms with Crippen LogP contribution in [-0.2, 0) is 12.3 Å². The second-order valence-electron chi connectivity index (χ2n) is 5.50. The van der Waals surface area contributed by atoms with E-state index in [-0.39, 0.29) is 0 Å². The Balaban J connectivity index is 1.71. The molecular weight excluding hydrogens is 324 g/mol. The monoisotopic (exact) mass is 344 g/mol. The molecule has 0 unspecified atom stereocenters. The molecule has 0 aliphatic rings. The third-order valence-electron chi connectivity index (χ3n) is 3.63. The number of nitrogen functional groups attached to an aromatic ring is 1. The third kappa shape index (κ3) is 3.56. The van der Waals surface area contributed by atoms with E-state index in [2.05, 4.69) is 32.6 Å². The first-order chi connectivity index (χ1) is 11.7. The van der Waals surface area contributed by atoms with Crippen molar-refractivity contribution >= 4 is 11.8 Å². The highest BCUT2D eigenvalue weighted by molar-refractivity contribution is 7.98. The summed E-state index contributed by atoms with van der Waals surface area (Å²) in [6.07, 6.45) is 2.15. The lowest BCUT2D eigenvalue weighted by Crippen LogP contribution is -2.12. The number of hydrogen-bond donors (Lipinski definition) is 1. The topological polar surface area (TPSA) is 100 Å². The van der Waals surface area contributed by atoms with Gasteiger partial charge in [-0.25, -0.2) is 9.36 Å². The zero-order valence-electron chi connectivity index (χ0n) is 13.8. The van der Waals surface area contributed by atoms with Crippen molar-refractivity contribution in [3.63, 3.8) is 0 Å². The van der Waals surface area contributed by atoms with Crippen LogP contribution in [0.2, 0.25) is 0 Å². The largest absolute Gasteiger partial charge is 0.335 e. The summed E-state index contributed by atoms with van der Waals surface area (Å²) in [5.74, 6) is 8.20. The van der Waals surface area contributed by atoms with Gasteiger partial charge in [-0.05, 0) is 23.8 Å². The van der Waals surface area contributed by atoms with Gasteiger partial charge in [0.1, 0.15) is 0 Å². The van der Waals surface area contributed by atoms with Gasteiger partial charge in [-0.2, -0.15) is 0 Å². The predicted molar refractivity (Wildman–Crippen MR) is 92.6 cm³/mol. The highest BCUT2D eigenvalue weighted by Gasteiger charge is 2.14. The second kappa shape index (κ2) is 7.43. The first kappa shape index (κ1) is 16.4. The first-order valence-corrected chi connectivity index (χ1v) is 8.83. The SMILES string of the molecule is CCCCn1nnnc1CSc1nnc(-c2ccc(C)cc2)n1N. The quantitative estimate of drug-likeness (QED) is 0.517. The van der Waals surface area contributed by atoms with Crippen molar-refractivity contribution in [3.05, 3.63) is 35.7 Å². The van der Waals surface area contributed by atoms with Crippen molar-refractivity contribution in [3.8, 4) is 11.4 Å². The number of hydrogen-bond acceptors (Lipinski definition) is 7. The molecule has 0 saturated heterocycles. The number of benzene rings is 1. The Morgan fingerprint density at radius 3 is 2.67 bits per heavy atom. The van der Waals surface area contributed by atoms with Crippen LogP contribution in [0.15, 0.2) is 29.4 Å². The van der Waals surface area contributed by atoms with Crippen LogP contribution in [0.25, 0.3) is 11.4 Å². The molecule has 24 heavy (non-hydrogen) atoms. The van der Waals surface area contributed by atoms with Crippen molar-refractivity contribution in [1.82, 2.24) is 35.1 Å². The zero-order chi connectivity index (χ0) is 16.9. The molecule has 0 amide bonds. The number of rotatable bonds is 7. The molecule has 0 saturated carbocycles.